The first-order valence-corrected chi connectivity index (χ1v) is 10.4. The number of benzene rings is 2. The summed E-state index contributed by atoms with van der Waals surface area (Å²) in [5, 5.41) is 0. The molecule has 2 aromatic carbocycles. The molecular formula is C19H15BrFNO3S. The van der Waals surface area contributed by atoms with E-state index in [4.69, 9.17) is 0 Å². The van der Waals surface area contributed by atoms with E-state index in [9.17, 15) is 17.6 Å². The van der Waals surface area contributed by atoms with Crippen molar-refractivity contribution in [3.63, 3.8) is 0 Å². The molecule has 0 aliphatic carbocycles. The highest BCUT2D eigenvalue weighted by Crippen LogP contribution is 2.37. The largest absolute Gasteiger partial charge is 0.274 e. The Morgan fingerprint density at radius 1 is 1.00 bits per heavy atom. The van der Waals surface area contributed by atoms with Crippen LogP contribution in [0.5, 0.6) is 0 Å². The Hall–Kier alpha value is -2.25. The summed E-state index contributed by atoms with van der Waals surface area (Å²) in [4.78, 5) is 12.4. The SMILES string of the molecule is CC(=O)n1c(Br)cc(-c2ccc(F)cc2)c1-c1ccc(S(C)(=O)=O)cc1. The van der Waals surface area contributed by atoms with Gasteiger partial charge in [-0.2, -0.15) is 0 Å². The average molecular weight is 436 g/mol. The fourth-order valence-corrected chi connectivity index (χ4v) is 4.07. The van der Waals surface area contributed by atoms with Gasteiger partial charge >= 0.3 is 0 Å². The van der Waals surface area contributed by atoms with E-state index in [1.165, 1.54) is 35.8 Å². The predicted molar refractivity (Wildman–Crippen MR) is 102 cm³/mol. The van der Waals surface area contributed by atoms with Crippen LogP contribution in [0, 0.1) is 5.82 Å². The van der Waals surface area contributed by atoms with Crippen LogP contribution in [-0.2, 0) is 9.84 Å². The quantitative estimate of drug-likeness (QED) is 0.594. The summed E-state index contributed by atoms with van der Waals surface area (Å²) in [6.45, 7) is 1.44. The van der Waals surface area contributed by atoms with Gasteiger partial charge in [-0.05, 0) is 57.4 Å². The third-order valence-corrected chi connectivity index (χ3v) is 5.69. The van der Waals surface area contributed by atoms with Crippen LogP contribution in [0.3, 0.4) is 0 Å². The topological polar surface area (TPSA) is 56.1 Å². The van der Waals surface area contributed by atoms with E-state index in [0.717, 1.165) is 17.4 Å². The van der Waals surface area contributed by atoms with Gasteiger partial charge in [0.2, 0.25) is 5.91 Å². The Labute approximate surface area is 159 Å². The van der Waals surface area contributed by atoms with E-state index in [0.29, 0.717) is 15.9 Å². The second-order valence-corrected chi connectivity index (χ2v) is 8.72. The van der Waals surface area contributed by atoms with Crippen molar-refractivity contribution >= 4 is 31.7 Å². The molecule has 0 amide bonds. The van der Waals surface area contributed by atoms with Crippen LogP contribution in [0.1, 0.15) is 11.7 Å². The summed E-state index contributed by atoms with van der Waals surface area (Å²) in [7, 11) is -3.31. The minimum absolute atomic E-state index is 0.199. The highest BCUT2D eigenvalue weighted by atomic mass is 79.9. The molecule has 3 aromatic rings. The summed E-state index contributed by atoms with van der Waals surface area (Å²) in [5.41, 5.74) is 2.77. The molecule has 26 heavy (non-hydrogen) atoms. The highest BCUT2D eigenvalue weighted by molar-refractivity contribution is 9.10. The Morgan fingerprint density at radius 3 is 2.04 bits per heavy atom. The van der Waals surface area contributed by atoms with Crippen molar-refractivity contribution in [2.75, 3.05) is 6.26 Å². The average Bonchev–Trinajstić information content (AvgIpc) is 2.92. The summed E-state index contributed by atoms with van der Waals surface area (Å²) < 4.78 is 38.7. The number of carbonyl (C=O) groups is 1. The zero-order valence-corrected chi connectivity index (χ0v) is 16.4. The van der Waals surface area contributed by atoms with E-state index < -0.39 is 9.84 Å². The zero-order valence-electron chi connectivity index (χ0n) is 14.0. The van der Waals surface area contributed by atoms with Crippen LogP contribution in [0.15, 0.2) is 64.1 Å². The second kappa shape index (κ2) is 6.81. The number of hydrogen-bond acceptors (Lipinski definition) is 3. The highest BCUT2D eigenvalue weighted by Gasteiger charge is 2.20. The summed E-state index contributed by atoms with van der Waals surface area (Å²) in [5.74, 6) is -0.551. The Morgan fingerprint density at radius 2 is 1.54 bits per heavy atom. The molecule has 0 spiro atoms. The van der Waals surface area contributed by atoms with E-state index >= 15 is 0 Å². The van der Waals surface area contributed by atoms with Crippen LogP contribution in [0.4, 0.5) is 4.39 Å². The van der Waals surface area contributed by atoms with Crippen molar-refractivity contribution in [1.82, 2.24) is 4.57 Å². The molecule has 3 rings (SSSR count). The van der Waals surface area contributed by atoms with Gasteiger partial charge in [0.15, 0.2) is 9.84 Å². The molecule has 0 atom stereocenters. The Kier molecular flexibility index (Phi) is 4.86. The fourth-order valence-electron chi connectivity index (χ4n) is 2.78. The Balaban J connectivity index is 2.24. The third kappa shape index (κ3) is 3.50. The molecule has 0 aliphatic heterocycles. The van der Waals surface area contributed by atoms with Gasteiger partial charge in [0.05, 0.1) is 15.2 Å². The summed E-state index contributed by atoms with van der Waals surface area (Å²) in [6.07, 6.45) is 1.14. The van der Waals surface area contributed by atoms with Crippen molar-refractivity contribution in [1.29, 1.82) is 0 Å². The lowest BCUT2D eigenvalue weighted by Gasteiger charge is -2.11. The molecule has 134 valence electrons. The molecule has 4 nitrogen and oxygen atoms in total. The molecule has 0 N–H and O–H groups in total. The van der Waals surface area contributed by atoms with Gasteiger partial charge in [0, 0.05) is 18.7 Å². The molecule has 0 aliphatic rings. The molecule has 0 radical (unpaired) electrons. The first kappa shape index (κ1) is 18.5. The van der Waals surface area contributed by atoms with E-state index in [-0.39, 0.29) is 16.6 Å². The number of nitrogens with zero attached hydrogens (tertiary/aromatic N) is 1. The maximum atomic E-state index is 13.3. The number of sulfone groups is 1. The third-order valence-electron chi connectivity index (χ3n) is 3.98. The van der Waals surface area contributed by atoms with Crippen LogP contribution < -0.4 is 0 Å². The molecule has 1 heterocycles. The molecule has 0 fully saturated rings. The van der Waals surface area contributed by atoms with Crippen LogP contribution in [0.25, 0.3) is 22.4 Å². The zero-order chi connectivity index (χ0) is 19.1. The van der Waals surface area contributed by atoms with Crippen molar-refractivity contribution in [3.05, 3.63) is 65.0 Å². The molecule has 0 unspecified atom stereocenters. The summed E-state index contributed by atoms with van der Waals surface area (Å²) in [6, 6.07) is 14.1. The van der Waals surface area contributed by atoms with Crippen molar-refractivity contribution in [3.8, 4) is 22.4 Å². The number of aromatic nitrogens is 1. The Bertz CT molecular complexity index is 1090. The second-order valence-electron chi connectivity index (χ2n) is 5.89. The van der Waals surface area contributed by atoms with Crippen LogP contribution in [0.2, 0.25) is 0 Å². The molecule has 0 saturated carbocycles. The van der Waals surface area contributed by atoms with Gasteiger partial charge in [0.25, 0.3) is 0 Å². The van der Waals surface area contributed by atoms with E-state index in [1.54, 1.807) is 30.3 Å². The van der Waals surface area contributed by atoms with Crippen molar-refractivity contribution in [2.24, 2.45) is 0 Å². The normalized spacial score (nSPS) is 11.5. The van der Waals surface area contributed by atoms with Gasteiger partial charge in [-0.25, -0.2) is 12.8 Å². The molecule has 0 saturated heterocycles. The van der Waals surface area contributed by atoms with E-state index in [2.05, 4.69) is 15.9 Å². The van der Waals surface area contributed by atoms with Gasteiger partial charge in [-0.15, -0.1) is 0 Å². The predicted octanol–water partition coefficient (Wildman–Crippen LogP) is 4.79. The monoisotopic (exact) mass is 435 g/mol. The van der Waals surface area contributed by atoms with Gasteiger partial charge in [0.1, 0.15) is 5.82 Å². The lowest BCUT2D eigenvalue weighted by atomic mass is 10.0. The minimum Gasteiger partial charge on any atom is -0.274 e. The van der Waals surface area contributed by atoms with Gasteiger partial charge < -0.3 is 0 Å². The summed E-state index contributed by atoms with van der Waals surface area (Å²) >= 11 is 3.40. The van der Waals surface area contributed by atoms with Gasteiger partial charge in [-0.3, -0.25) is 9.36 Å². The standard InChI is InChI=1S/C19H15BrFNO3S/c1-12(23)22-18(20)11-17(13-3-7-15(21)8-4-13)19(22)14-5-9-16(10-6-14)26(2,24)25/h3-11H,1-2H3. The molecular weight excluding hydrogens is 421 g/mol. The number of rotatable bonds is 3. The smallest absolute Gasteiger partial charge is 0.228 e. The number of halogens is 2. The van der Waals surface area contributed by atoms with Crippen LogP contribution in [-0.4, -0.2) is 25.1 Å². The van der Waals surface area contributed by atoms with Gasteiger partial charge in [-0.1, -0.05) is 24.3 Å². The van der Waals surface area contributed by atoms with Crippen LogP contribution >= 0.6 is 15.9 Å². The first-order valence-electron chi connectivity index (χ1n) is 7.67. The van der Waals surface area contributed by atoms with Crippen molar-refractivity contribution in [2.45, 2.75) is 11.8 Å². The lowest BCUT2D eigenvalue weighted by molar-refractivity contribution is 0.0936. The van der Waals surface area contributed by atoms with E-state index in [1.807, 2.05) is 0 Å². The van der Waals surface area contributed by atoms with Crippen molar-refractivity contribution < 1.29 is 17.6 Å². The maximum absolute atomic E-state index is 13.3. The first-order chi connectivity index (χ1) is 12.2. The number of carbonyl (C=O) groups excluding carboxylic acids is 1. The number of hydrogen-bond donors (Lipinski definition) is 0. The molecule has 7 heteroatoms. The fraction of sp³-hybridized carbons (Fsp3) is 0.105. The lowest BCUT2D eigenvalue weighted by Crippen LogP contribution is -2.08. The molecule has 0 bridgehead atoms. The minimum atomic E-state index is -3.31. The molecule has 1 aromatic heterocycles. The maximum Gasteiger partial charge on any atom is 0.228 e.